The van der Waals surface area contributed by atoms with Crippen molar-refractivity contribution in [2.75, 3.05) is 11.9 Å². The molecule has 1 aliphatic carbocycles. The van der Waals surface area contributed by atoms with E-state index in [1.165, 1.54) is 5.57 Å². The van der Waals surface area contributed by atoms with Crippen molar-refractivity contribution in [3.8, 4) is 0 Å². The second kappa shape index (κ2) is 8.46. The van der Waals surface area contributed by atoms with E-state index in [1.54, 1.807) is 6.20 Å². The summed E-state index contributed by atoms with van der Waals surface area (Å²) in [6, 6.07) is 4.04. The molecule has 0 saturated carbocycles. The molecule has 0 aromatic carbocycles. The topological polar surface area (TPSA) is 63.8 Å². The molecule has 0 saturated heterocycles. The zero-order valence-corrected chi connectivity index (χ0v) is 18.1. The van der Waals surface area contributed by atoms with Crippen LogP contribution >= 0.6 is 0 Å². The van der Waals surface area contributed by atoms with Crippen LogP contribution in [0.4, 0.5) is 5.69 Å². The Kier molecular flexibility index (Phi) is 6.21. The molecule has 2 aromatic heterocycles. The average molecular weight is 383 g/mol. The molecule has 0 bridgehead atoms. The van der Waals surface area contributed by atoms with Crippen molar-refractivity contribution in [1.82, 2.24) is 15.2 Å². The number of nitrogens with zero attached hydrogens (tertiary/aromatic N) is 3. The molecule has 5 heteroatoms. The summed E-state index contributed by atoms with van der Waals surface area (Å²) >= 11 is 0. The highest BCUT2D eigenvalue weighted by atomic mass is 16.4. The molecule has 0 radical (unpaired) electrons. The molecule has 28 heavy (non-hydrogen) atoms. The van der Waals surface area contributed by atoms with Gasteiger partial charge in [0, 0.05) is 30.8 Å². The maximum atomic E-state index is 5.96. The van der Waals surface area contributed by atoms with Gasteiger partial charge in [-0.15, -0.1) is 10.2 Å². The first-order chi connectivity index (χ1) is 13.2. The number of aromatic nitrogens is 3. The maximum absolute atomic E-state index is 5.96. The summed E-state index contributed by atoms with van der Waals surface area (Å²) in [5.41, 5.74) is 2.41. The van der Waals surface area contributed by atoms with E-state index in [1.807, 2.05) is 12.3 Å². The summed E-state index contributed by atoms with van der Waals surface area (Å²) in [5, 5.41) is 12.1. The number of nitrogens with one attached hydrogen (secondary N) is 1. The van der Waals surface area contributed by atoms with Crippen LogP contribution in [-0.2, 0) is 11.8 Å². The fourth-order valence-electron chi connectivity index (χ4n) is 4.06. The molecule has 1 aliphatic rings. The molecular formula is C23H34N4O. The normalized spacial score (nSPS) is 23.0. The number of hydrogen-bond donors (Lipinski definition) is 1. The highest BCUT2D eigenvalue weighted by molar-refractivity contribution is 5.40. The van der Waals surface area contributed by atoms with Crippen LogP contribution < -0.4 is 5.32 Å². The van der Waals surface area contributed by atoms with Crippen LogP contribution in [0.1, 0.15) is 59.7 Å². The van der Waals surface area contributed by atoms with Crippen LogP contribution in [0.5, 0.6) is 0 Å². The summed E-state index contributed by atoms with van der Waals surface area (Å²) in [5.74, 6) is 3.72. The van der Waals surface area contributed by atoms with E-state index in [4.69, 9.17) is 4.42 Å². The number of allylic oxidation sites excluding steroid dienone is 1. The zero-order valence-electron chi connectivity index (χ0n) is 18.1. The van der Waals surface area contributed by atoms with Gasteiger partial charge in [0.1, 0.15) is 0 Å². The lowest BCUT2D eigenvalue weighted by Gasteiger charge is -2.37. The van der Waals surface area contributed by atoms with Gasteiger partial charge < -0.3 is 9.73 Å². The van der Waals surface area contributed by atoms with Crippen molar-refractivity contribution in [3.63, 3.8) is 0 Å². The van der Waals surface area contributed by atoms with E-state index in [-0.39, 0.29) is 5.41 Å². The molecule has 152 valence electrons. The summed E-state index contributed by atoms with van der Waals surface area (Å²) in [6.07, 6.45) is 8.14. The predicted molar refractivity (Wildman–Crippen MR) is 113 cm³/mol. The van der Waals surface area contributed by atoms with Gasteiger partial charge in [0.05, 0.1) is 5.69 Å². The second-order valence-electron chi connectivity index (χ2n) is 9.49. The van der Waals surface area contributed by atoms with Gasteiger partial charge >= 0.3 is 0 Å². The van der Waals surface area contributed by atoms with E-state index >= 15 is 0 Å². The van der Waals surface area contributed by atoms with Crippen molar-refractivity contribution < 1.29 is 4.42 Å². The van der Waals surface area contributed by atoms with Gasteiger partial charge in [0.15, 0.2) is 0 Å². The van der Waals surface area contributed by atoms with E-state index in [9.17, 15) is 0 Å². The summed E-state index contributed by atoms with van der Waals surface area (Å²) in [7, 11) is 0. The van der Waals surface area contributed by atoms with Crippen LogP contribution in [0.2, 0.25) is 0 Å². The van der Waals surface area contributed by atoms with E-state index in [0.29, 0.717) is 23.7 Å². The maximum Gasteiger partial charge on any atom is 0.221 e. The third-order valence-electron chi connectivity index (χ3n) is 5.82. The fourth-order valence-corrected chi connectivity index (χ4v) is 4.06. The van der Waals surface area contributed by atoms with Crippen LogP contribution in [0, 0.1) is 23.7 Å². The summed E-state index contributed by atoms with van der Waals surface area (Å²) < 4.78 is 5.96. The second-order valence-corrected chi connectivity index (χ2v) is 9.49. The molecule has 3 rings (SSSR count). The van der Waals surface area contributed by atoms with Crippen molar-refractivity contribution in [1.29, 1.82) is 0 Å². The lowest BCUT2D eigenvalue weighted by Crippen LogP contribution is -2.32. The highest BCUT2D eigenvalue weighted by Gasteiger charge is 2.32. The van der Waals surface area contributed by atoms with E-state index < -0.39 is 0 Å². The average Bonchev–Trinajstić information content (AvgIpc) is 3.11. The third-order valence-corrected chi connectivity index (χ3v) is 5.82. The molecule has 0 unspecified atom stereocenters. The quantitative estimate of drug-likeness (QED) is 0.689. The number of anilines is 1. The minimum absolute atomic E-state index is 0.105. The molecule has 3 atom stereocenters. The SMILES string of the molecule is CC1=C[C@@H](CNc2cccnc2)[C@H](C(C)C)C[C@H]1Cc1nnc(C(C)(C)C)o1. The van der Waals surface area contributed by atoms with Crippen LogP contribution in [0.15, 0.2) is 40.6 Å². The molecular weight excluding hydrogens is 348 g/mol. The number of rotatable bonds is 6. The van der Waals surface area contributed by atoms with Gasteiger partial charge in [-0.1, -0.05) is 46.3 Å². The van der Waals surface area contributed by atoms with E-state index in [0.717, 1.165) is 36.9 Å². The Labute approximate surface area is 169 Å². The summed E-state index contributed by atoms with van der Waals surface area (Å²) in [6.45, 7) is 14.2. The predicted octanol–water partition coefficient (Wildman–Crippen LogP) is 5.27. The zero-order chi connectivity index (χ0) is 20.3. The Balaban J connectivity index is 1.70. The molecule has 0 fully saturated rings. The van der Waals surface area contributed by atoms with E-state index in [2.05, 4.69) is 74.2 Å². The Hall–Kier alpha value is -2.17. The molecule has 1 N–H and O–H groups in total. The van der Waals surface area contributed by atoms with Gasteiger partial charge in [-0.2, -0.15) is 0 Å². The van der Waals surface area contributed by atoms with Crippen molar-refractivity contribution in [2.45, 2.75) is 59.8 Å². The Morgan fingerprint density at radius 1 is 1.25 bits per heavy atom. The van der Waals surface area contributed by atoms with Gasteiger partial charge in [0.25, 0.3) is 0 Å². The van der Waals surface area contributed by atoms with Crippen LogP contribution in [0.3, 0.4) is 0 Å². The van der Waals surface area contributed by atoms with Crippen LogP contribution in [0.25, 0.3) is 0 Å². The lowest BCUT2D eigenvalue weighted by atomic mass is 9.70. The molecule has 5 nitrogen and oxygen atoms in total. The number of hydrogen-bond acceptors (Lipinski definition) is 5. The van der Waals surface area contributed by atoms with Crippen molar-refractivity contribution in [2.24, 2.45) is 23.7 Å². The van der Waals surface area contributed by atoms with Gasteiger partial charge in [-0.05, 0) is 49.1 Å². The minimum Gasteiger partial charge on any atom is -0.425 e. The standard InChI is InChI=1S/C23H34N4O/c1-15(2)20-11-17(12-21-26-27-22(28-21)23(4,5)6)16(3)10-18(20)13-25-19-8-7-9-24-14-19/h7-10,14-15,17-18,20,25H,11-13H2,1-6H3/t17-,18-,20-/m0/s1. The Morgan fingerprint density at radius 3 is 2.64 bits per heavy atom. The largest absolute Gasteiger partial charge is 0.425 e. The first-order valence-corrected chi connectivity index (χ1v) is 10.4. The minimum atomic E-state index is -0.105. The smallest absolute Gasteiger partial charge is 0.221 e. The molecule has 0 spiro atoms. The molecule has 0 aliphatic heterocycles. The lowest BCUT2D eigenvalue weighted by molar-refractivity contribution is 0.228. The van der Waals surface area contributed by atoms with Gasteiger partial charge in [-0.25, -0.2) is 0 Å². The monoisotopic (exact) mass is 382 g/mol. The third kappa shape index (κ3) is 5.00. The molecule has 2 aromatic rings. The van der Waals surface area contributed by atoms with Crippen molar-refractivity contribution >= 4 is 5.69 Å². The molecule has 2 heterocycles. The highest BCUT2D eigenvalue weighted by Crippen LogP contribution is 2.39. The first-order valence-electron chi connectivity index (χ1n) is 10.4. The fraction of sp³-hybridized carbons (Fsp3) is 0.609. The Morgan fingerprint density at radius 2 is 2.04 bits per heavy atom. The molecule has 0 amide bonds. The van der Waals surface area contributed by atoms with Gasteiger partial charge in [0.2, 0.25) is 11.8 Å². The van der Waals surface area contributed by atoms with Crippen LogP contribution in [-0.4, -0.2) is 21.7 Å². The summed E-state index contributed by atoms with van der Waals surface area (Å²) in [4.78, 5) is 4.19. The van der Waals surface area contributed by atoms with Gasteiger partial charge in [-0.3, -0.25) is 4.98 Å². The van der Waals surface area contributed by atoms with Crippen molar-refractivity contribution in [3.05, 3.63) is 48.0 Å². The Bertz CT molecular complexity index is 788. The first kappa shape index (κ1) is 20.6. The number of pyridine rings is 1.